The fourth-order valence-corrected chi connectivity index (χ4v) is 3.01. The SMILES string of the molecule is COc1ccc(NC(=O)CS(=O)(=O)c2ccc(C)cc2)cc1. The van der Waals surface area contributed by atoms with Crippen molar-refractivity contribution in [1.82, 2.24) is 0 Å². The van der Waals surface area contributed by atoms with E-state index in [1.54, 1.807) is 43.5 Å². The molecule has 0 unspecified atom stereocenters. The first-order valence-corrected chi connectivity index (χ1v) is 8.29. The molecular formula is C16H17NO4S. The molecule has 0 bridgehead atoms. The Balaban J connectivity index is 2.05. The summed E-state index contributed by atoms with van der Waals surface area (Å²) in [6.07, 6.45) is 0. The molecule has 0 heterocycles. The van der Waals surface area contributed by atoms with Gasteiger partial charge in [-0.3, -0.25) is 4.79 Å². The second-order valence-electron chi connectivity index (χ2n) is 4.85. The van der Waals surface area contributed by atoms with Gasteiger partial charge < -0.3 is 10.1 Å². The lowest BCUT2D eigenvalue weighted by Crippen LogP contribution is -2.23. The number of rotatable bonds is 5. The number of amides is 1. The third kappa shape index (κ3) is 4.08. The molecule has 2 rings (SSSR count). The first-order valence-electron chi connectivity index (χ1n) is 6.64. The van der Waals surface area contributed by atoms with Crippen LogP contribution in [0.15, 0.2) is 53.4 Å². The quantitative estimate of drug-likeness (QED) is 0.918. The van der Waals surface area contributed by atoms with Gasteiger partial charge in [0, 0.05) is 5.69 Å². The van der Waals surface area contributed by atoms with Crippen molar-refractivity contribution in [2.24, 2.45) is 0 Å². The van der Waals surface area contributed by atoms with Crippen LogP contribution in [0, 0.1) is 6.92 Å². The second-order valence-corrected chi connectivity index (χ2v) is 6.84. The predicted octanol–water partition coefficient (Wildman–Crippen LogP) is 2.42. The largest absolute Gasteiger partial charge is 0.497 e. The van der Waals surface area contributed by atoms with Crippen LogP contribution in [-0.4, -0.2) is 27.2 Å². The zero-order valence-corrected chi connectivity index (χ0v) is 13.2. The van der Waals surface area contributed by atoms with Crippen LogP contribution in [-0.2, 0) is 14.6 Å². The molecule has 116 valence electrons. The summed E-state index contributed by atoms with van der Waals surface area (Å²) in [5.74, 6) is -0.516. The number of aryl methyl sites for hydroxylation is 1. The lowest BCUT2D eigenvalue weighted by Gasteiger charge is -2.07. The molecule has 0 spiro atoms. The Labute approximate surface area is 129 Å². The maximum absolute atomic E-state index is 12.2. The first-order chi connectivity index (χ1) is 10.4. The Morgan fingerprint density at radius 1 is 1.05 bits per heavy atom. The molecule has 1 amide bonds. The molecule has 1 N–H and O–H groups in total. The van der Waals surface area contributed by atoms with E-state index in [4.69, 9.17) is 4.74 Å². The highest BCUT2D eigenvalue weighted by molar-refractivity contribution is 7.92. The van der Waals surface area contributed by atoms with Crippen molar-refractivity contribution in [3.8, 4) is 5.75 Å². The fourth-order valence-electron chi connectivity index (χ4n) is 1.87. The molecule has 0 atom stereocenters. The molecular weight excluding hydrogens is 302 g/mol. The molecule has 0 radical (unpaired) electrons. The van der Waals surface area contributed by atoms with E-state index in [0.717, 1.165) is 5.56 Å². The van der Waals surface area contributed by atoms with Gasteiger partial charge in [0.2, 0.25) is 5.91 Å². The van der Waals surface area contributed by atoms with Crippen LogP contribution < -0.4 is 10.1 Å². The molecule has 6 heteroatoms. The van der Waals surface area contributed by atoms with E-state index in [2.05, 4.69) is 5.32 Å². The van der Waals surface area contributed by atoms with Gasteiger partial charge in [0.25, 0.3) is 0 Å². The molecule has 0 aliphatic heterocycles. The zero-order chi connectivity index (χ0) is 16.2. The first kappa shape index (κ1) is 16.0. The van der Waals surface area contributed by atoms with Crippen LogP contribution in [0.5, 0.6) is 5.75 Å². The fraction of sp³-hybridized carbons (Fsp3) is 0.188. The summed E-state index contributed by atoms with van der Waals surface area (Å²) < 4.78 is 29.3. The van der Waals surface area contributed by atoms with Gasteiger partial charge in [-0.2, -0.15) is 0 Å². The Hall–Kier alpha value is -2.34. The van der Waals surface area contributed by atoms with Crippen molar-refractivity contribution in [2.45, 2.75) is 11.8 Å². The molecule has 0 aliphatic carbocycles. The van der Waals surface area contributed by atoms with Crippen molar-refractivity contribution >= 4 is 21.4 Å². The van der Waals surface area contributed by atoms with Gasteiger partial charge in [-0.05, 0) is 43.3 Å². The highest BCUT2D eigenvalue weighted by atomic mass is 32.2. The van der Waals surface area contributed by atoms with Gasteiger partial charge in [0.15, 0.2) is 9.84 Å². The molecule has 5 nitrogen and oxygen atoms in total. The molecule has 0 saturated heterocycles. The molecule has 2 aromatic rings. The minimum Gasteiger partial charge on any atom is -0.497 e. The maximum Gasteiger partial charge on any atom is 0.239 e. The van der Waals surface area contributed by atoms with Gasteiger partial charge in [-0.15, -0.1) is 0 Å². The number of carbonyl (C=O) groups is 1. The molecule has 0 aliphatic rings. The van der Waals surface area contributed by atoms with Crippen LogP contribution in [0.2, 0.25) is 0 Å². The minimum atomic E-state index is -3.65. The number of nitrogens with one attached hydrogen (secondary N) is 1. The van der Waals surface area contributed by atoms with Crippen molar-refractivity contribution < 1.29 is 17.9 Å². The molecule has 0 aromatic heterocycles. The Kier molecular flexibility index (Phi) is 4.82. The highest BCUT2D eigenvalue weighted by Crippen LogP contribution is 2.16. The van der Waals surface area contributed by atoms with Crippen LogP contribution in [0.3, 0.4) is 0 Å². The normalized spacial score (nSPS) is 11.0. The number of sulfone groups is 1. The van der Waals surface area contributed by atoms with E-state index in [0.29, 0.717) is 11.4 Å². The van der Waals surface area contributed by atoms with Crippen molar-refractivity contribution in [1.29, 1.82) is 0 Å². The number of ether oxygens (including phenoxy) is 1. The van der Waals surface area contributed by atoms with Crippen LogP contribution in [0.1, 0.15) is 5.56 Å². The summed E-state index contributed by atoms with van der Waals surface area (Å²) >= 11 is 0. The standard InChI is InChI=1S/C16H17NO4S/c1-12-3-9-15(10-4-12)22(19,20)11-16(18)17-13-5-7-14(21-2)8-6-13/h3-10H,11H2,1-2H3,(H,17,18). The smallest absolute Gasteiger partial charge is 0.239 e. The molecule has 2 aromatic carbocycles. The number of carbonyl (C=O) groups excluding carboxylic acids is 1. The average molecular weight is 319 g/mol. The van der Waals surface area contributed by atoms with E-state index in [-0.39, 0.29) is 4.90 Å². The van der Waals surface area contributed by atoms with Gasteiger partial charge >= 0.3 is 0 Å². The van der Waals surface area contributed by atoms with E-state index in [1.807, 2.05) is 6.92 Å². The highest BCUT2D eigenvalue weighted by Gasteiger charge is 2.19. The van der Waals surface area contributed by atoms with Crippen LogP contribution in [0.25, 0.3) is 0 Å². The number of anilines is 1. The second kappa shape index (κ2) is 6.62. The van der Waals surface area contributed by atoms with Gasteiger partial charge in [0.05, 0.1) is 12.0 Å². The molecule has 0 fully saturated rings. The number of hydrogen-bond acceptors (Lipinski definition) is 4. The van der Waals surface area contributed by atoms with Gasteiger partial charge in [-0.1, -0.05) is 17.7 Å². The Morgan fingerprint density at radius 2 is 1.64 bits per heavy atom. The Morgan fingerprint density at radius 3 is 2.18 bits per heavy atom. The van der Waals surface area contributed by atoms with E-state index >= 15 is 0 Å². The van der Waals surface area contributed by atoms with Crippen molar-refractivity contribution in [2.75, 3.05) is 18.2 Å². The summed E-state index contributed by atoms with van der Waals surface area (Å²) in [5.41, 5.74) is 1.48. The van der Waals surface area contributed by atoms with Gasteiger partial charge in [-0.25, -0.2) is 8.42 Å². The number of benzene rings is 2. The average Bonchev–Trinajstić information content (AvgIpc) is 2.48. The van der Waals surface area contributed by atoms with Crippen LogP contribution >= 0.6 is 0 Å². The monoisotopic (exact) mass is 319 g/mol. The zero-order valence-electron chi connectivity index (χ0n) is 12.4. The topological polar surface area (TPSA) is 72.5 Å². The van der Waals surface area contributed by atoms with E-state index < -0.39 is 21.5 Å². The van der Waals surface area contributed by atoms with E-state index in [1.165, 1.54) is 12.1 Å². The Bertz CT molecular complexity index is 750. The molecule has 22 heavy (non-hydrogen) atoms. The summed E-state index contributed by atoms with van der Waals surface area (Å²) in [6, 6.07) is 13.1. The third-order valence-electron chi connectivity index (χ3n) is 3.07. The summed E-state index contributed by atoms with van der Waals surface area (Å²) in [5, 5.41) is 2.56. The van der Waals surface area contributed by atoms with Crippen molar-refractivity contribution in [3.05, 3.63) is 54.1 Å². The van der Waals surface area contributed by atoms with Gasteiger partial charge in [0.1, 0.15) is 11.5 Å². The van der Waals surface area contributed by atoms with E-state index in [9.17, 15) is 13.2 Å². The predicted molar refractivity (Wildman–Crippen MR) is 84.9 cm³/mol. The lowest BCUT2D eigenvalue weighted by atomic mass is 10.2. The third-order valence-corrected chi connectivity index (χ3v) is 4.71. The summed E-state index contributed by atoms with van der Waals surface area (Å²) in [4.78, 5) is 12.0. The minimum absolute atomic E-state index is 0.142. The van der Waals surface area contributed by atoms with Crippen molar-refractivity contribution in [3.63, 3.8) is 0 Å². The number of methoxy groups -OCH3 is 1. The summed E-state index contributed by atoms with van der Waals surface area (Å²) in [6.45, 7) is 1.87. The number of hydrogen-bond donors (Lipinski definition) is 1. The van der Waals surface area contributed by atoms with Crippen LogP contribution in [0.4, 0.5) is 5.69 Å². The lowest BCUT2D eigenvalue weighted by molar-refractivity contribution is -0.113. The summed E-state index contributed by atoms with van der Waals surface area (Å²) in [7, 11) is -2.10. The maximum atomic E-state index is 12.2. The molecule has 0 saturated carbocycles.